The van der Waals surface area contributed by atoms with Crippen molar-refractivity contribution in [3.63, 3.8) is 0 Å². The molecular weight excluding hydrogens is 222 g/mol. The lowest BCUT2D eigenvalue weighted by Crippen LogP contribution is -2.09. The number of aromatic amines is 1. The first kappa shape index (κ1) is 9.72. The Balaban J connectivity index is 2.39. The van der Waals surface area contributed by atoms with E-state index in [-0.39, 0.29) is 5.15 Å². The average molecular weight is 228 g/mol. The molecule has 0 atom stereocenters. The molecule has 2 rings (SSSR count). The lowest BCUT2D eigenvalue weighted by Gasteiger charge is -2.00. The van der Waals surface area contributed by atoms with Crippen LogP contribution in [-0.2, 0) is 4.79 Å². The first-order chi connectivity index (χ1) is 7.18. The Morgan fingerprint density at radius 3 is 3.13 bits per heavy atom. The number of carbonyl (C=O) groups is 1. The van der Waals surface area contributed by atoms with Crippen molar-refractivity contribution in [2.75, 3.05) is 6.61 Å². The van der Waals surface area contributed by atoms with E-state index in [4.69, 9.17) is 21.4 Å². The summed E-state index contributed by atoms with van der Waals surface area (Å²) in [7, 11) is 0. The molecule has 78 valence electrons. The van der Waals surface area contributed by atoms with E-state index in [1.165, 1.54) is 12.5 Å². The fourth-order valence-corrected chi connectivity index (χ4v) is 1.38. The molecule has 0 saturated heterocycles. The van der Waals surface area contributed by atoms with Crippen molar-refractivity contribution in [3.05, 3.63) is 17.7 Å². The number of aromatic nitrogens is 3. The maximum atomic E-state index is 10.3. The predicted molar refractivity (Wildman–Crippen MR) is 52.0 cm³/mol. The van der Waals surface area contributed by atoms with Crippen LogP contribution in [0.2, 0.25) is 5.15 Å². The van der Waals surface area contributed by atoms with Gasteiger partial charge in [-0.15, -0.1) is 0 Å². The van der Waals surface area contributed by atoms with Gasteiger partial charge in [0.2, 0.25) is 0 Å². The summed E-state index contributed by atoms with van der Waals surface area (Å²) in [6.45, 7) is -0.432. The van der Waals surface area contributed by atoms with Crippen LogP contribution in [-0.4, -0.2) is 32.6 Å². The van der Waals surface area contributed by atoms with Crippen LogP contribution in [0, 0.1) is 0 Å². The van der Waals surface area contributed by atoms with E-state index in [9.17, 15) is 4.79 Å². The zero-order chi connectivity index (χ0) is 10.8. The maximum absolute atomic E-state index is 10.3. The molecule has 0 unspecified atom stereocenters. The molecule has 0 bridgehead atoms. The molecule has 15 heavy (non-hydrogen) atoms. The van der Waals surface area contributed by atoms with Crippen molar-refractivity contribution in [1.82, 2.24) is 15.0 Å². The van der Waals surface area contributed by atoms with Gasteiger partial charge in [-0.05, 0) is 0 Å². The van der Waals surface area contributed by atoms with Crippen molar-refractivity contribution in [2.24, 2.45) is 0 Å². The summed E-state index contributed by atoms with van der Waals surface area (Å²) in [5.41, 5.74) is 0.510. The molecule has 0 aliphatic heterocycles. The molecule has 0 spiro atoms. The summed E-state index contributed by atoms with van der Waals surface area (Å²) in [5, 5.41) is 9.16. The number of rotatable bonds is 3. The Morgan fingerprint density at radius 1 is 1.60 bits per heavy atom. The van der Waals surface area contributed by atoms with Gasteiger partial charge in [0, 0.05) is 6.20 Å². The Morgan fingerprint density at radius 2 is 2.40 bits per heavy atom. The van der Waals surface area contributed by atoms with E-state index in [0.29, 0.717) is 16.8 Å². The Kier molecular flexibility index (Phi) is 2.42. The van der Waals surface area contributed by atoms with E-state index in [0.717, 1.165) is 0 Å². The van der Waals surface area contributed by atoms with Crippen LogP contribution >= 0.6 is 11.6 Å². The molecule has 2 heterocycles. The minimum absolute atomic E-state index is 0.224. The fraction of sp³-hybridized carbons (Fsp3) is 0.125. The van der Waals surface area contributed by atoms with Crippen LogP contribution in [0.25, 0.3) is 11.0 Å². The van der Waals surface area contributed by atoms with E-state index in [1.54, 1.807) is 0 Å². The highest BCUT2D eigenvalue weighted by Gasteiger charge is 2.11. The highest BCUT2D eigenvalue weighted by atomic mass is 35.5. The number of nitrogens with one attached hydrogen (secondary N) is 1. The smallest absolute Gasteiger partial charge is 0.341 e. The van der Waals surface area contributed by atoms with Gasteiger partial charge in [0.15, 0.2) is 6.61 Å². The molecule has 0 aromatic carbocycles. The van der Waals surface area contributed by atoms with Gasteiger partial charge in [-0.25, -0.2) is 14.8 Å². The molecule has 0 fully saturated rings. The van der Waals surface area contributed by atoms with Crippen LogP contribution in [0.4, 0.5) is 0 Å². The minimum atomic E-state index is -1.06. The second-order valence-corrected chi connectivity index (χ2v) is 3.08. The zero-order valence-corrected chi connectivity index (χ0v) is 8.15. The molecule has 0 aliphatic carbocycles. The molecule has 2 aromatic heterocycles. The second-order valence-electron chi connectivity index (χ2n) is 2.72. The molecule has 2 N–H and O–H groups in total. The van der Waals surface area contributed by atoms with Crippen LogP contribution < -0.4 is 4.74 Å². The lowest BCUT2D eigenvalue weighted by atomic mass is 10.4. The standard InChI is InChI=1S/C8H6ClN3O3/c9-7-6-4(15-2-5(13)14)1-10-8(6)12-3-11-7/h1,3H,2H2,(H,13,14)(H,10,11,12). The Bertz CT molecular complexity index is 511. The normalized spacial score (nSPS) is 10.5. The number of H-pyrrole nitrogens is 1. The number of hydrogen-bond donors (Lipinski definition) is 2. The first-order valence-electron chi connectivity index (χ1n) is 4.00. The summed E-state index contributed by atoms with van der Waals surface area (Å²) < 4.78 is 5.01. The highest BCUT2D eigenvalue weighted by molar-refractivity contribution is 6.34. The second kappa shape index (κ2) is 3.74. The topological polar surface area (TPSA) is 88.1 Å². The van der Waals surface area contributed by atoms with Gasteiger partial charge in [-0.1, -0.05) is 11.6 Å². The molecular formula is C8H6ClN3O3. The van der Waals surface area contributed by atoms with Gasteiger partial charge in [0.1, 0.15) is 22.9 Å². The van der Waals surface area contributed by atoms with Gasteiger partial charge in [-0.2, -0.15) is 0 Å². The number of fused-ring (bicyclic) bond motifs is 1. The maximum Gasteiger partial charge on any atom is 0.341 e. The SMILES string of the molecule is O=C(O)COc1c[nH]c2ncnc(Cl)c12. The van der Waals surface area contributed by atoms with Gasteiger partial charge in [0.05, 0.1) is 5.39 Å². The number of nitrogens with zero attached hydrogens (tertiary/aromatic N) is 2. The number of carboxylic acids is 1. The third-order valence-electron chi connectivity index (χ3n) is 1.74. The van der Waals surface area contributed by atoms with Crippen molar-refractivity contribution in [1.29, 1.82) is 0 Å². The van der Waals surface area contributed by atoms with Gasteiger partial charge >= 0.3 is 5.97 Å². The summed E-state index contributed by atoms with van der Waals surface area (Å²) in [6.07, 6.45) is 2.80. The van der Waals surface area contributed by atoms with E-state index < -0.39 is 12.6 Å². The number of hydrogen-bond acceptors (Lipinski definition) is 4. The van der Waals surface area contributed by atoms with Crippen LogP contribution in [0.3, 0.4) is 0 Å². The molecule has 0 saturated carbocycles. The fourth-order valence-electron chi connectivity index (χ4n) is 1.15. The first-order valence-corrected chi connectivity index (χ1v) is 4.38. The van der Waals surface area contributed by atoms with E-state index in [2.05, 4.69) is 15.0 Å². The Hall–Kier alpha value is -1.82. The average Bonchev–Trinajstić information content (AvgIpc) is 2.59. The molecule has 0 radical (unpaired) electrons. The zero-order valence-electron chi connectivity index (χ0n) is 7.40. The molecule has 0 aliphatic rings. The molecule has 0 amide bonds. The predicted octanol–water partition coefficient (Wildman–Crippen LogP) is 1.07. The van der Waals surface area contributed by atoms with Crippen molar-refractivity contribution in [3.8, 4) is 5.75 Å². The minimum Gasteiger partial charge on any atom is -0.479 e. The summed E-state index contributed by atoms with van der Waals surface area (Å²) >= 11 is 5.82. The summed E-state index contributed by atoms with van der Waals surface area (Å²) in [6, 6.07) is 0. The van der Waals surface area contributed by atoms with Gasteiger partial charge in [-0.3, -0.25) is 0 Å². The number of carboxylic acid groups (broad SMARTS) is 1. The lowest BCUT2D eigenvalue weighted by molar-refractivity contribution is -0.139. The summed E-state index contributed by atoms with van der Waals surface area (Å²) in [5.74, 6) is -0.727. The Labute approximate surface area is 88.9 Å². The molecule has 2 aromatic rings. The van der Waals surface area contributed by atoms with E-state index in [1.807, 2.05) is 0 Å². The van der Waals surface area contributed by atoms with Crippen LogP contribution in [0.1, 0.15) is 0 Å². The largest absolute Gasteiger partial charge is 0.479 e. The molecule has 6 nitrogen and oxygen atoms in total. The highest BCUT2D eigenvalue weighted by Crippen LogP contribution is 2.28. The van der Waals surface area contributed by atoms with E-state index >= 15 is 0 Å². The van der Waals surface area contributed by atoms with Gasteiger partial charge in [0.25, 0.3) is 0 Å². The van der Waals surface area contributed by atoms with Crippen LogP contribution in [0.15, 0.2) is 12.5 Å². The number of ether oxygens (including phenoxy) is 1. The molecule has 7 heteroatoms. The third-order valence-corrected chi connectivity index (χ3v) is 2.03. The quantitative estimate of drug-likeness (QED) is 0.766. The van der Waals surface area contributed by atoms with Gasteiger partial charge < -0.3 is 14.8 Å². The monoisotopic (exact) mass is 227 g/mol. The van der Waals surface area contributed by atoms with Crippen LogP contribution in [0.5, 0.6) is 5.75 Å². The van der Waals surface area contributed by atoms with Crippen molar-refractivity contribution < 1.29 is 14.6 Å². The number of aliphatic carboxylic acids is 1. The van der Waals surface area contributed by atoms with Crippen molar-refractivity contribution in [2.45, 2.75) is 0 Å². The third kappa shape index (κ3) is 1.84. The number of halogens is 1. The van der Waals surface area contributed by atoms with Crippen molar-refractivity contribution >= 4 is 28.6 Å². The summed E-state index contributed by atoms with van der Waals surface area (Å²) in [4.78, 5) is 20.8.